The highest BCUT2D eigenvalue weighted by atomic mass is 32.2. The lowest BCUT2D eigenvalue weighted by Gasteiger charge is -2.38. The van der Waals surface area contributed by atoms with Gasteiger partial charge in [0.05, 0.1) is 16.6 Å². The Kier molecular flexibility index (Phi) is 8.67. The molecule has 3 heterocycles. The second-order valence-corrected chi connectivity index (χ2v) is 13.3. The van der Waals surface area contributed by atoms with Gasteiger partial charge in [-0.2, -0.15) is 0 Å². The molecule has 5 atom stereocenters. The van der Waals surface area contributed by atoms with Gasteiger partial charge in [-0.1, -0.05) is 37.3 Å². The number of hydrogen-bond acceptors (Lipinski definition) is 5. The van der Waals surface area contributed by atoms with Gasteiger partial charge in [0.25, 0.3) is 5.91 Å². The maximum absolute atomic E-state index is 14.7. The summed E-state index contributed by atoms with van der Waals surface area (Å²) in [4.78, 5) is 48.4. The van der Waals surface area contributed by atoms with Gasteiger partial charge >= 0.3 is 0 Å². The van der Waals surface area contributed by atoms with Crippen LogP contribution in [0.15, 0.2) is 43.5 Å². The predicted molar refractivity (Wildman–Crippen MR) is 158 cm³/mol. The van der Waals surface area contributed by atoms with Gasteiger partial charge in [-0.15, -0.1) is 24.9 Å². The van der Waals surface area contributed by atoms with E-state index in [1.807, 2.05) is 43.9 Å². The van der Waals surface area contributed by atoms with Crippen LogP contribution in [0.1, 0.15) is 50.7 Å². The van der Waals surface area contributed by atoms with Crippen LogP contribution >= 0.6 is 11.8 Å². The molecule has 3 aliphatic heterocycles. The molecular weight excluding hydrogens is 510 g/mol. The molecule has 3 fully saturated rings. The maximum atomic E-state index is 14.7. The topological polar surface area (TPSA) is 81.2 Å². The third-order valence-corrected chi connectivity index (χ3v) is 10.8. The summed E-state index contributed by atoms with van der Waals surface area (Å²) < 4.78 is -1.12. The van der Waals surface area contributed by atoms with E-state index < -0.39 is 27.4 Å². The molecule has 1 spiro atoms. The zero-order chi connectivity index (χ0) is 28.5. The van der Waals surface area contributed by atoms with E-state index in [1.165, 1.54) is 0 Å². The molecule has 1 aromatic carbocycles. The summed E-state index contributed by atoms with van der Waals surface area (Å²) in [5, 5.41) is 9.66. The number of aliphatic hydroxyl groups is 1. The number of aryl methyl sites for hydroxylation is 2. The molecule has 0 saturated carbocycles. The molecule has 8 heteroatoms. The maximum Gasteiger partial charge on any atom is 0.251 e. The van der Waals surface area contributed by atoms with Crippen molar-refractivity contribution in [1.29, 1.82) is 0 Å². The van der Waals surface area contributed by atoms with Crippen molar-refractivity contribution in [2.24, 2.45) is 11.8 Å². The van der Waals surface area contributed by atoms with E-state index in [0.29, 0.717) is 32.5 Å². The summed E-state index contributed by atoms with van der Waals surface area (Å²) in [5.41, 5.74) is 2.80. The second-order valence-electron chi connectivity index (χ2n) is 11.4. The largest absolute Gasteiger partial charge is 0.396 e. The molecule has 3 aliphatic rings. The van der Waals surface area contributed by atoms with Crippen molar-refractivity contribution < 1.29 is 19.5 Å². The van der Waals surface area contributed by atoms with Crippen LogP contribution in [0, 0.1) is 25.7 Å². The van der Waals surface area contributed by atoms with Gasteiger partial charge in [-0.25, -0.2) is 0 Å². The quantitative estimate of drug-likeness (QED) is 0.394. The monoisotopic (exact) mass is 553 g/mol. The second kappa shape index (κ2) is 11.5. The van der Waals surface area contributed by atoms with Crippen molar-refractivity contribution in [3.63, 3.8) is 0 Å². The molecule has 212 valence electrons. The first-order valence-electron chi connectivity index (χ1n) is 14.1. The average Bonchev–Trinajstić information content (AvgIpc) is 3.46. The predicted octanol–water partition coefficient (Wildman–Crippen LogP) is 4.11. The lowest BCUT2D eigenvalue weighted by atomic mass is 9.66. The van der Waals surface area contributed by atoms with Crippen LogP contribution < -0.4 is 4.90 Å². The Labute approximate surface area is 237 Å². The van der Waals surface area contributed by atoms with Gasteiger partial charge < -0.3 is 19.8 Å². The SMILES string of the molecule is C=CCN(CCC)C(=O)[C@H]1[C@H]2C(=O)N(CCCO)C(C(=O)N(CC=C)c3c(C)cccc3C)C23CC[C@]1(C)S3. The Morgan fingerprint density at radius 2 is 1.82 bits per heavy atom. The van der Waals surface area contributed by atoms with E-state index >= 15 is 0 Å². The molecule has 1 aromatic rings. The van der Waals surface area contributed by atoms with Gasteiger partial charge in [-0.3, -0.25) is 14.4 Å². The van der Waals surface area contributed by atoms with E-state index in [2.05, 4.69) is 20.1 Å². The summed E-state index contributed by atoms with van der Waals surface area (Å²) >= 11 is 1.69. The first-order chi connectivity index (χ1) is 18.6. The summed E-state index contributed by atoms with van der Waals surface area (Å²) in [6, 6.07) is 5.24. The van der Waals surface area contributed by atoms with Crippen molar-refractivity contribution in [2.75, 3.05) is 37.7 Å². The van der Waals surface area contributed by atoms with E-state index in [-0.39, 0.29) is 30.9 Å². The number of aliphatic hydroxyl groups excluding tert-OH is 1. The third-order valence-electron chi connectivity index (χ3n) is 8.78. The number of carbonyl (C=O) groups excluding carboxylic acids is 3. The number of nitrogens with zero attached hydrogens (tertiary/aromatic N) is 3. The molecular formula is C31H43N3O4S. The van der Waals surface area contributed by atoms with Crippen molar-refractivity contribution in [3.8, 4) is 0 Å². The van der Waals surface area contributed by atoms with Gasteiger partial charge in [-0.05, 0) is 57.6 Å². The Morgan fingerprint density at radius 3 is 2.41 bits per heavy atom. The fraction of sp³-hybridized carbons (Fsp3) is 0.581. The third kappa shape index (κ3) is 4.73. The minimum absolute atomic E-state index is 0.0143. The van der Waals surface area contributed by atoms with E-state index in [4.69, 9.17) is 0 Å². The lowest BCUT2D eigenvalue weighted by Crippen LogP contribution is -2.55. The molecule has 2 bridgehead atoms. The molecule has 0 aromatic heterocycles. The van der Waals surface area contributed by atoms with E-state index in [1.54, 1.807) is 33.7 Å². The number of fused-ring (bicyclic) bond motifs is 1. The average molecular weight is 554 g/mol. The van der Waals surface area contributed by atoms with Crippen molar-refractivity contribution in [2.45, 2.75) is 68.9 Å². The van der Waals surface area contributed by atoms with Gasteiger partial charge in [0.15, 0.2) is 0 Å². The first-order valence-corrected chi connectivity index (χ1v) is 14.9. The summed E-state index contributed by atoms with van der Waals surface area (Å²) in [5.74, 6) is -1.36. The number of hydrogen-bond donors (Lipinski definition) is 1. The van der Waals surface area contributed by atoms with Crippen LogP contribution in [0.25, 0.3) is 0 Å². The van der Waals surface area contributed by atoms with Gasteiger partial charge in [0.2, 0.25) is 11.8 Å². The highest BCUT2D eigenvalue weighted by molar-refractivity contribution is 8.02. The van der Waals surface area contributed by atoms with E-state index in [9.17, 15) is 19.5 Å². The molecule has 3 amide bonds. The fourth-order valence-corrected chi connectivity index (χ4v) is 9.62. The summed E-state index contributed by atoms with van der Waals surface area (Å²) in [6.07, 6.45) is 6.12. The highest BCUT2D eigenvalue weighted by Gasteiger charge is 2.77. The minimum atomic E-state index is -0.718. The molecule has 7 nitrogen and oxygen atoms in total. The van der Waals surface area contributed by atoms with Crippen molar-refractivity contribution >= 4 is 35.2 Å². The first kappa shape index (κ1) is 29.4. The van der Waals surface area contributed by atoms with Crippen molar-refractivity contribution in [3.05, 3.63) is 54.6 Å². The number of thioether (sulfide) groups is 1. The normalized spacial score (nSPS) is 28.9. The lowest BCUT2D eigenvalue weighted by molar-refractivity contribution is -0.145. The minimum Gasteiger partial charge on any atom is -0.396 e. The zero-order valence-corrected chi connectivity index (χ0v) is 24.6. The molecule has 0 radical (unpaired) electrons. The zero-order valence-electron chi connectivity index (χ0n) is 23.8. The van der Waals surface area contributed by atoms with Crippen molar-refractivity contribution in [1.82, 2.24) is 9.80 Å². The molecule has 0 aliphatic carbocycles. The van der Waals surface area contributed by atoms with Crippen LogP contribution in [-0.2, 0) is 14.4 Å². The number of rotatable bonds is 12. The van der Waals surface area contributed by atoms with E-state index in [0.717, 1.165) is 29.7 Å². The number of benzene rings is 1. The highest BCUT2D eigenvalue weighted by Crippen LogP contribution is 2.71. The van der Waals surface area contributed by atoms with Gasteiger partial charge in [0, 0.05) is 43.2 Å². The fourth-order valence-electron chi connectivity index (χ4n) is 7.28. The Balaban J connectivity index is 1.82. The summed E-state index contributed by atoms with van der Waals surface area (Å²) in [6.45, 7) is 17.4. The van der Waals surface area contributed by atoms with Gasteiger partial charge in [0.1, 0.15) is 6.04 Å². The Hall–Kier alpha value is -2.58. The molecule has 4 rings (SSSR count). The van der Waals surface area contributed by atoms with Crippen LogP contribution in [0.4, 0.5) is 5.69 Å². The Bertz CT molecular complexity index is 1130. The number of para-hydroxylation sites is 1. The molecule has 3 saturated heterocycles. The van der Waals surface area contributed by atoms with Crippen LogP contribution in [0.5, 0.6) is 0 Å². The number of carbonyl (C=O) groups is 3. The number of anilines is 1. The molecule has 2 unspecified atom stereocenters. The molecule has 1 N–H and O–H groups in total. The van der Waals surface area contributed by atoms with Crippen LogP contribution in [0.3, 0.4) is 0 Å². The van der Waals surface area contributed by atoms with Crippen LogP contribution in [0.2, 0.25) is 0 Å². The standard InChI is InChI=1S/C31H43N3O4S/c1-7-16-32(17-8-2)27(36)23-24-28(37)34(19-11-20-35)26(31(24)15-14-30(23,6)39-31)29(38)33(18-9-3)25-21(4)12-10-13-22(25)5/h7,9-10,12-13,23-24,26,35H,1,3,8,11,14-20H2,2,4-6H3/t23-,24+,26?,30+,31?/m1/s1. The Morgan fingerprint density at radius 1 is 1.15 bits per heavy atom. The number of amides is 3. The summed E-state index contributed by atoms with van der Waals surface area (Å²) in [7, 11) is 0. The number of likely N-dealkylation sites (tertiary alicyclic amines) is 1. The smallest absolute Gasteiger partial charge is 0.251 e. The molecule has 39 heavy (non-hydrogen) atoms. The van der Waals surface area contributed by atoms with Crippen LogP contribution in [-0.4, -0.2) is 80.9 Å².